The molecule has 4 heterocycles. The third-order valence-electron chi connectivity index (χ3n) is 5.54. The smallest absolute Gasteiger partial charge is 0.275 e. The lowest BCUT2D eigenvalue weighted by molar-refractivity contribution is 0.102. The second-order valence-corrected chi connectivity index (χ2v) is 8.41. The average molecular weight is 453 g/mol. The van der Waals surface area contributed by atoms with Crippen LogP contribution in [0.3, 0.4) is 0 Å². The van der Waals surface area contributed by atoms with Crippen molar-refractivity contribution in [1.29, 1.82) is 0 Å². The maximum Gasteiger partial charge on any atom is 0.275 e. The van der Waals surface area contributed by atoms with Crippen molar-refractivity contribution in [2.24, 2.45) is 4.99 Å². The Morgan fingerprint density at radius 3 is 2.68 bits per heavy atom. The molecular weight excluding hydrogens is 435 g/mol. The lowest BCUT2D eigenvalue weighted by Crippen LogP contribution is -2.16. The number of fused-ring (bicyclic) bond motifs is 1. The Labute approximate surface area is 189 Å². The van der Waals surface area contributed by atoms with Crippen LogP contribution in [0.25, 0.3) is 0 Å². The number of aliphatic imine (C=N–C) groups is 1. The lowest BCUT2D eigenvalue weighted by Gasteiger charge is -2.25. The summed E-state index contributed by atoms with van der Waals surface area (Å²) < 4.78 is 0. The van der Waals surface area contributed by atoms with Gasteiger partial charge < -0.3 is 10.6 Å². The summed E-state index contributed by atoms with van der Waals surface area (Å²) >= 11 is 12.3. The predicted molar refractivity (Wildman–Crippen MR) is 122 cm³/mol. The molecule has 1 saturated carbocycles. The molecule has 0 unspecified atom stereocenters. The van der Waals surface area contributed by atoms with Gasteiger partial charge in [-0.1, -0.05) is 29.6 Å². The van der Waals surface area contributed by atoms with Gasteiger partial charge in [-0.2, -0.15) is 0 Å². The highest BCUT2D eigenvalue weighted by atomic mass is 35.5. The molecule has 156 valence electrons. The van der Waals surface area contributed by atoms with Gasteiger partial charge in [-0.25, -0.2) is 15.0 Å². The van der Waals surface area contributed by atoms with Gasteiger partial charge in [-0.05, 0) is 48.1 Å². The fourth-order valence-corrected chi connectivity index (χ4v) is 4.11. The van der Waals surface area contributed by atoms with E-state index in [4.69, 9.17) is 23.2 Å². The van der Waals surface area contributed by atoms with Crippen LogP contribution in [0.1, 0.15) is 46.8 Å². The normalized spacial score (nSPS) is 16.5. The Bertz CT molecular complexity index is 1190. The third-order valence-corrected chi connectivity index (χ3v) is 6.09. The van der Waals surface area contributed by atoms with Crippen molar-refractivity contribution in [1.82, 2.24) is 15.0 Å². The molecule has 1 fully saturated rings. The van der Waals surface area contributed by atoms with E-state index in [1.165, 1.54) is 37.2 Å². The number of hydrogen-bond donors (Lipinski definition) is 2. The zero-order valence-electron chi connectivity index (χ0n) is 16.4. The Balaban J connectivity index is 1.32. The summed E-state index contributed by atoms with van der Waals surface area (Å²) in [5.74, 6) is 1.48. The molecule has 1 aliphatic heterocycles. The number of nitrogens with zero attached hydrogens (tertiary/aromatic N) is 4. The van der Waals surface area contributed by atoms with E-state index in [1.807, 2.05) is 12.1 Å². The summed E-state index contributed by atoms with van der Waals surface area (Å²) in [5.41, 5.74) is 3.70. The monoisotopic (exact) mass is 452 g/mol. The van der Waals surface area contributed by atoms with E-state index in [-0.39, 0.29) is 5.91 Å². The van der Waals surface area contributed by atoms with Gasteiger partial charge in [0, 0.05) is 25.0 Å². The van der Waals surface area contributed by atoms with Crippen LogP contribution in [0.4, 0.5) is 17.2 Å². The van der Waals surface area contributed by atoms with Crippen molar-refractivity contribution in [3.8, 4) is 0 Å². The molecule has 0 bridgehead atoms. The number of nitrogens with one attached hydrogen (secondary N) is 2. The van der Waals surface area contributed by atoms with E-state index in [0.29, 0.717) is 45.4 Å². The van der Waals surface area contributed by atoms with Crippen LogP contribution in [0.2, 0.25) is 10.0 Å². The number of aromatic nitrogens is 3. The second-order valence-electron chi connectivity index (χ2n) is 7.60. The highest BCUT2D eigenvalue weighted by molar-refractivity contribution is 6.38. The Hall–Kier alpha value is -3.03. The first-order chi connectivity index (χ1) is 15.1. The zero-order chi connectivity index (χ0) is 21.4. The van der Waals surface area contributed by atoms with E-state index in [2.05, 4.69) is 30.6 Å². The molecule has 2 N–H and O–H groups in total. The summed E-state index contributed by atoms with van der Waals surface area (Å²) in [4.78, 5) is 29.7. The number of hydrogen-bond acceptors (Lipinski definition) is 5. The fraction of sp³-hybridized carbons (Fsp3) is 0.227. The van der Waals surface area contributed by atoms with Crippen molar-refractivity contribution in [3.05, 3.63) is 69.9 Å². The van der Waals surface area contributed by atoms with Gasteiger partial charge >= 0.3 is 0 Å². The van der Waals surface area contributed by atoms with Gasteiger partial charge in [0.1, 0.15) is 23.0 Å². The molecule has 0 spiro atoms. The van der Waals surface area contributed by atoms with E-state index in [9.17, 15) is 4.79 Å². The van der Waals surface area contributed by atoms with Gasteiger partial charge in [0.05, 0.1) is 21.9 Å². The molecule has 5 rings (SSSR count). The first kappa shape index (κ1) is 19.9. The summed E-state index contributed by atoms with van der Waals surface area (Å²) in [6, 6.07) is 5.72. The Kier molecular flexibility index (Phi) is 5.29. The van der Waals surface area contributed by atoms with Crippen molar-refractivity contribution in [2.75, 3.05) is 10.6 Å². The van der Waals surface area contributed by atoms with E-state index >= 15 is 0 Å². The molecule has 31 heavy (non-hydrogen) atoms. The van der Waals surface area contributed by atoms with Crippen LogP contribution in [-0.2, 0) is 6.42 Å². The quantitative estimate of drug-likeness (QED) is 0.552. The van der Waals surface area contributed by atoms with Crippen molar-refractivity contribution in [3.63, 3.8) is 0 Å². The van der Waals surface area contributed by atoms with Gasteiger partial charge in [0.2, 0.25) is 0 Å². The van der Waals surface area contributed by atoms with Crippen LogP contribution in [0.15, 0.2) is 48.0 Å². The number of pyridine rings is 3. The molecule has 1 aliphatic carbocycles. The molecule has 0 atom stereocenters. The molecule has 0 aromatic carbocycles. The van der Waals surface area contributed by atoms with Crippen molar-refractivity contribution >= 4 is 52.1 Å². The minimum absolute atomic E-state index is 0.299. The highest BCUT2D eigenvalue weighted by Gasteiger charge is 2.22. The van der Waals surface area contributed by atoms with Crippen molar-refractivity contribution < 1.29 is 4.79 Å². The number of carbonyl (C=O) groups excluding carboxylic acids is 1. The van der Waals surface area contributed by atoms with Crippen molar-refractivity contribution in [2.45, 2.75) is 31.6 Å². The summed E-state index contributed by atoms with van der Waals surface area (Å²) in [7, 11) is 0. The van der Waals surface area contributed by atoms with E-state index in [1.54, 1.807) is 18.5 Å². The first-order valence-electron chi connectivity index (χ1n) is 9.96. The minimum Gasteiger partial charge on any atom is -0.342 e. The summed E-state index contributed by atoms with van der Waals surface area (Å²) in [5, 5.41) is 6.78. The van der Waals surface area contributed by atoms with E-state index < -0.39 is 0 Å². The fourth-order valence-electron chi connectivity index (χ4n) is 3.66. The number of anilines is 2. The third kappa shape index (κ3) is 4.11. The largest absolute Gasteiger partial charge is 0.342 e. The molecule has 0 radical (unpaired) electrons. The maximum atomic E-state index is 12.7. The number of halogens is 2. The topological polar surface area (TPSA) is 92.2 Å². The molecule has 1 amide bonds. The molecule has 3 aromatic rings. The minimum atomic E-state index is -0.299. The number of rotatable bonds is 4. The van der Waals surface area contributed by atoms with Crippen LogP contribution < -0.4 is 10.6 Å². The molecule has 0 saturated heterocycles. The van der Waals surface area contributed by atoms with Gasteiger partial charge in [0.15, 0.2) is 0 Å². The molecular formula is C22H18Cl2N6O. The standard InChI is InChI=1S/C22H18Cl2N6O/c23-15-9-25-10-16(24)21(15)29-20-8-14-6-17(27-11-18(14)28-20)22(31)30-19-7-13(4-5-26-19)12-2-1-3-12/h4-7,9-12H,1-3,8H2,(H,25,28,29)(H,26,30,31). The molecule has 3 aromatic heterocycles. The Morgan fingerprint density at radius 2 is 1.94 bits per heavy atom. The van der Waals surface area contributed by atoms with Gasteiger partial charge in [0.25, 0.3) is 5.91 Å². The number of carbonyl (C=O) groups is 1. The summed E-state index contributed by atoms with van der Waals surface area (Å²) in [6.07, 6.45) is 10.5. The van der Waals surface area contributed by atoms with E-state index in [0.717, 1.165) is 11.3 Å². The van der Waals surface area contributed by atoms with Crippen LogP contribution >= 0.6 is 23.2 Å². The second kappa shape index (κ2) is 8.24. The van der Waals surface area contributed by atoms with Gasteiger partial charge in [-0.15, -0.1) is 0 Å². The first-order valence-corrected chi connectivity index (χ1v) is 10.7. The lowest BCUT2D eigenvalue weighted by atomic mass is 9.80. The maximum absolute atomic E-state index is 12.7. The van der Waals surface area contributed by atoms with Crippen LogP contribution in [0, 0.1) is 0 Å². The molecule has 7 nitrogen and oxygen atoms in total. The average Bonchev–Trinajstić information content (AvgIpc) is 3.11. The Morgan fingerprint density at radius 1 is 1.13 bits per heavy atom. The van der Waals surface area contributed by atoms with Gasteiger partial charge in [-0.3, -0.25) is 9.78 Å². The number of amidine groups is 1. The predicted octanol–water partition coefficient (Wildman–Crippen LogP) is 5.40. The molecule has 9 heteroatoms. The molecule has 2 aliphatic rings. The highest BCUT2D eigenvalue weighted by Crippen LogP contribution is 2.37. The number of amides is 1. The zero-order valence-corrected chi connectivity index (χ0v) is 17.9. The SMILES string of the molecule is O=C(Nc1cc(C2CCC2)ccn1)c1cc2c(cn1)NC(=Nc1c(Cl)cncc1Cl)C2. The van der Waals surface area contributed by atoms with Crippen LogP contribution in [-0.4, -0.2) is 26.7 Å². The summed E-state index contributed by atoms with van der Waals surface area (Å²) in [6.45, 7) is 0. The van der Waals surface area contributed by atoms with Crippen LogP contribution in [0.5, 0.6) is 0 Å².